The molecule has 142 valence electrons. The molecule has 0 aliphatic rings. The number of hydrogen-bond donors (Lipinski definition) is 2. The number of halogens is 1. The van der Waals surface area contributed by atoms with Crippen LogP contribution in [0, 0.1) is 0 Å². The minimum absolute atomic E-state index is 0.121. The highest BCUT2D eigenvalue weighted by Crippen LogP contribution is 2.22. The van der Waals surface area contributed by atoms with Crippen LogP contribution in [0.15, 0.2) is 71.3 Å². The molecule has 0 unspecified atom stereocenters. The van der Waals surface area contributed by atoms with Crippen molar-refractivity contribution in [3.63, 3.8) is 0 Å². The fraction of sp³-hybridized carbons (Fsp3) is 0.0952. The lowest BCUT2D eigenvalue weighted by molar-refractivity contribution is 0.0952. The number of primary amides is 1. The number of nitrogens with two attached hydrogens (primary N) is 1. The molecule has 0 fully saturated rings. The van der Waals surface area contributed by atoms with Crippen molar-refractivity contribution < 1.29 is 14.3 Å². The van der Waals surface area contributed by atoms with E-state index in [0.717, 1.165) is 10.0 Å². The number of nitrogens with one attached hydrogen (secondary N) is 1. The van der Waals surface area contributed by atoms with Crippen molar-refractivity contribution in [2.75, 3.05) is 6.54 Å². The van der Waals surface area contributed by atoms with Gasteiger partial charge in [-0.2, -0.15) is 0 Å². The Hall–Kier alpha value is -3.19. The molecule has 2 amide bonds. The quantitative estimate of drug-likeness (QED) is 0.586. The first-order valence-corrected chi connectivity index (χ1v) is 9.37. The van der Waals surface area contributed by atoms with E-state index in [1.54, 1.807) is 18.2 Å². The van der Waals surface area contributed by atoms with Crippen LogP contribution in [-0.4, -0.2) is 23.3 Å². The smallest absolute Gasteiger partial charge is 0.267 e. The van der Waals surface area contributed by atoms with Gasteiger partial charge in [0, 0.05) is 28.8 Å². The Morgan fingerprint density at radius 2 is 1.82 bits per heavy atom. The molecule has 0 atom stereocenters. The molecule has 0 aliphatic heterocycles. The Kier molecular flexibility index (Phi) is 6.39. The van der Waals surface area contributed by atoms with E-state index in [0.29, 0.717) is 30.0 Å². The van der Waals surface area contributed by atoms with E-state index in [1.807, 2.05) is 36.4 Å². The molecule has 0 bridgehead atoms. The zero-order chi connectivity index (χ0) is 19.9. The number of rotatable bonds is 7. The van der Waals surface area contributed by atoms with E-state index < -0.39 is 5.91 Å². The highest BCUT2D eigenvalue weighted by Gasteiger charge is 2.07. The summed E-state index contributed by atoms with van der Waals surface area (Å²) in [7, 11) is 0. The number of pyridine rings is 1. The van der Waals surface area contributed by atoms with Gasteiger partial charge in [0.25, 0.3) is 11.8 Å². The van der Waals surface area contributed by atoms with Crippen molar-refractivity contribution in [3.05, 3.63) is 88.2 Å². The molecule has 0 radical (unpaired) electrons. The Morgan fingerprint density at radius 1 is 1.04 bits per heavy atom. The summed E-state index contributed by atoms with van der Waals surface area (Å²) in [6.07, 6.45) is 2.12. The number of carbonyl (C=O) groups excluding carboxylic acids is 2. The van der Waals surface area contributed by atoms with E-state index in [2.05, 4.69) is 26.2 Å². The number of benzene rings is 2. The summed E-state index contributed by atoms with van der Waals surface area (Å²) in [5, 5.41) is 2.90. The summed E-state index contributed by atoms with van der Waals surface area (Å²) >= 11 is 3.36. The van der Waals surface area contributed by atoms with Gasteiger partial charge in [-0.1, -0.05) is 34.1 Å². The minimum Gasteiger partial charge on any atom is -0.457 e. The van der Waals surface area contributed by atoms with Gasteiger partial charge < -0.3 is 15.8 Å². The molecule has 28 heavy (non-hydrogen) atoms. The highest BCUT2D eigenvalue weighted by atomic mass is 79.9. The maximum atomic E-state index is 12.2. The molecule has 7 heteroatoms. The normalized spacial score (nSPS) is 10.3. The molecular formula is C21H18BrN3O3. The molecule has 6 nitrogen and oxygen atoms in total. The van der Waals surface area contributed by atoms with Crippen LogP contribution in [0.1, 0.15) is 26.4 Å². The second-order valence-electron chi connectivity index (χ2n) is 6.01. The average molecular weight is 440 g/mol. The molecule has 3 N–H and O–H groups in total. The van der Waals surface area contributed by atoms with Crippen LogP contribution in [0.5, 0.6) is 11.5 Å². The first-order valence-electron chi connectivity index (χ1n) is 8.58. The second kappa shape index (κ2) is 9.14. The lowest BCUT2D eigenvalue weighted by Crippen LogP contribution is -2.25. The number of nitrogens with zero attached hydrogens (tertiary/aromatic N) is 1. The van der Waals surface area contributed by atoms with Crippen LogP contribution in [0.3, 0.4) is 0 Å². The van der Waals surface area contributed by atoms with Crippen LogP contribution < -0.4 is 15.8 Å². The zero-order valence-corrected chi connectivity index (χ0v) is 16.5. The number of hydrogen-bond acceptors (Lipinski definition) is 4. The van der Waals surface area contributed by atoms with E-state index in [9.17, 15) is 9.59 Å². The summed E-state index contributed by atoms with van der Waals surface area (Å²) in [6.45, 7) is 0.496. The Morgan fingerprint density at radius 3 is 2.61 bits per heavy atom. The van der Waals surface area contributed by atoms with Crippen LogP contribution in [-0.2, 0) is 6.42 Å². The molecule has 0 aliphatic carbocycles. The molecule has 3 rings (SSSR count). The van der Waals surface area contributed by atoms with E-state index in [4.69, 9.17) is 10.5 Å². The largest absolute Gasteiger partial charge is 0.457 e. The third kappa shape index (κ3) is 5.40. The summed E-state index contributed by atoms with van der Waals surface area (Å²) < 4.78 is 6.64. The number of ether oxygens (including phenoxy) is 1. The molecule has 1 aromatic heterocycles. The highest BCUT2D eigenvalue weighted by molar-refractivity contribution is 9.10. The second-order valence-corrected chi connectivity index (χ2v) is 6.92. The number of amides is 2. The van der Waals surface area contributed by atoms with Crippen molar-refractivity contribution in [1.29, 1.82) is 0 Å². The van der Waals surface area contributed by atoms with Crippen molar-refractivity contribution in [1.82, 2.24) is 10.3 Å². The zero-order valence-electron chi connectivity index (χ0n) is 14.9. The van der Waals surface area contributed by atoms with E-state index in [-0.39, 0.29) is 11.6 Å². The summed E-state index contributed by atoms with van der Waals surface area (Å²) in [4.78, 5) is 27.3. The van der Waals surface area contributed by atoms with Gasteiger partial charge in [0.2, 0.25) is 0 Å². The first kappa shape index (κ1) is 19.6. The molecule has 0 saturated heterocycles. The summed E-state index contributed by atoms with van der Waals surface area (Å²) in [5.41, 5.74) is 6.99. The van der Waals surface area contributed by atoms with Crippen molar-refractivity contribution in [2.24, 2.45) is 5.73 Å². The van der Waals surface area contributed by atoms with Crippen molar-refractivity contribution in [3.8, 4) is 11.5 Å². The molecule has 1 heterocycles. The third-order valence-electron chi connectivity index (χ3n) is 3.90. The van der Waals surface area contributed by atoms with Gasteiger partial charge in [-0.25, -0.2) is 0 Å². The molecule has 0 spiro atoms. The average Bonchev–Trinajstić information content (AvgIpc) is 2.68. The Labute approximate surface area is 170 Å². The SMILES string of the molecule is NC(=O)c1cc(Oc2cccc(CCNC(=O)c3cccc(Br)c3)c2)ccn1. The topological polar surface area (TPSA) is 94.3 Å². The first-order chi connectivity index (χ1) is 13.5. The van der Waals surface area contributed by atoms with E-state index >= 15 is 0 Å². The predicted molar refractivity (Wildman–Crippen MR) is 109 cm³/mol. The van der Waals surface area contributed by atoms with Crippen LogP contribution in [0.4, 0.5) is 0 Å². The van der Waals surface area contributed by atoms with Crippen LogP contribution in [0.2, 0.25) is 0 Å². The van der Waals surface area contributed by atoms with Crippen LogP contribution in [0.25, 0.3) is 0 Å². The minimum atomic E-state index is -0.611. The van der Waals surface area contributed by atoms with Gasteiger partial charge >= 0.3 is 0 Å². The third-order valence-corrected chi connectivity index (χ3v) is 4.40. The van der Waals surface area contributed by atoms with Gasteiger partial charge in [0.1, 0.15) is 17.2 Å². The fourth-order valence-corrected chi connectivity index (χ4v) is 2.96. The number of carbonyl (C=O) groups is 2. The lowest BCUT2D eigenvalue weighted by atomic mass is 10.1. The standard InChI is InChI=1S/C21H18BrN3O3/c22-16-5-2-4-15(12-16)21(27)25-9-7-14-3-1-6-17(11-14)28-18-8-10-24-19(13-18)20(23)26/h1-6,8,10-13H,7,9H2,(H2,23,26)(H,25,27). The Bertz CT molecular complexity index is 1010. The molecule has 3 aromatic rings. The number of aromatic nitrogens is 1. The monoisotopic (exact) mass is 439 g/mol. The lowest BCUT2D eigenvalue weighted by Gasteiger charge is -2.09. The van der Waals surface area contributed by atoms with Gasteiger partial charge in [-0.15, -0.1) is 0 Å². The van der Waals surface area contributed by atoms with Crippen LogP contribution >= 0.6 is 15.9 Å². The molecular weight excluding hydrogens is 422 g/mol. The van der Waals surface area contributed by atoms with Gasteiger partial charge in [-0.05, 0) is 48.4 Å². The van der Waals surface area contributed by atoms with Crippen molar-refractivity contribution >= 4 is 27.7 Å². The Balaban J connectivity index is 1.58. The maximum absolute atomic E-state index is 12.2. The van der Waals surface area contributed by atoms with E-state index in [1.165, 1.54) is 12.3 Å². The van der Waals surface area contributed by atoms with Gasteiger partial charge in [0.15, 0.2) is 0 Å². The predicted octanol–water partition coefficient (Wildman–Crippen LogP) is 3.71. The fourth-order valence-electron chi connectivity index (χ4n) is 2.56. The molecule has 0 saturated carbocycles. The van der Waals surface area contributed by atoms with Crippen molar-refractivity contribution in [2.45, 2.75) is 6.42 Å². The molecule has 2 aromatic carbocycles. The van der Waals surface area contributed by atoms with Gasteiger partial charge in [0.05, 0.1) is 0 Å². The summed E-state index contributed by atoms with van der Waals surface area (Å²) in [5.74, 6) is 0.367. The maximum Gasteiger partial charge on any atom is 0.267 e. The van der Waals surface area contributed by atoms with Gasteiger partial charge in [-0.3, -0.25) is 14.6 Å². The summed E-state index contributed by atoms with van der Waals surface area (Å²) in [6, 6.07) is 17.9.